The molecular formula is C16H30O4. The van der Waals surface area contributed by atoms with Crippen molar-refractivity contribution in [1.82, 2.24) is 0 Å². The number of carbonyl (C=O) groups excluding carboxylic acids is 2. The first-order chi connectivity index (χ1) is 9.16. The van der Waals surface area contributed by atoms with Crippen LogP contribution < -0.4 is 0 Å². The molecule has 0 amide bonds. The highest BCUT2D eigenvalue weighted by Gasteiger charge is 2.43. The highest BCUT2D eigenvalue weighted by molar-refractivity contribution is 5.71. The summed E-state index contributed by atoms with van der Waals surface area (Å²) in [6.45, 7) is 11.2. The van der Waals surface area contributed by atoms with Gasteiger partial charge in [-0.15, -0.1) is 0 Å². The van der Waals surface area contributed by atoms with Gasteiger partial charge in [0.05, 0.1) is 0 Å². The first-order valence-corrected chi connectivity index (χ1v) is 7.60. The van der Waals surface area contributed by atoms with E-state index in [9.17, 15) is 9.59 Å². The third kappa shape index (κ3) is 6.40. The number of carbonyl (C=O) groups is 2. The molecule has 0 saturated carbocycles. The van der Waals surface area contributed by atoms with E-state index in [1.165, 1.54) is 0 Å². The van der Waals surface area contributed by atoms with Gasteiger partial charge in [-0.25, -0.2) is 0 Å². The molecule has 0 bridgehead atoms. The van der Waals surface area contributed by atoms with E-state index < -0.39 is 11.2 Å². The molecule has 0 N–H and O–H groups in total. The Kier molecular flexibility index (Phi) is 7.84. The lowest BCUT2D eigenvalue weighted by Crippen LogP contribution is -2.51. The lowest BCUT2D eigenvalue weighted by Gasteiger charge is -2.40. The van der Waals surface area contributed by atoms with Crippen molar-refractivity contribution >= 4 is 11.9 Å². The summed E-state index contributed by atoms with van der Waals surface area (Å²) in [5.74, 6) is -0.482. The second-order valence-electron chi connectivity index (χ2n) is 6.18. The summed E-state index contributed by atoms with van der Waals surface area (Å²) in [6, 6.07) is 0. The van der Waals surface area contributed by atoms with Gasteiger partial charge in [0.15, 0.2) is 0 Å². The SMILES string of the molecule is CCCCC(=O)OC(C)(C)C(C)(C)OC(=O)CCCC. The zero-order valence-corrected chi connectivity index (χ0v) is 13.9. The molecule has 0 heterocycles. The van der Waals surface area contributed by atoms with Crippen LogP contribution in [0.3, 0.4) is 0 Å². The summed E-state index contributed by atoms with van der Waals surface area (Å²) in [6.07, 6.45) is 4.33. The van der Waals surface area contributed by atoms with Crippen LogP contribution >= 0.6 is 0 Å². The molecule has 0 aromatic carbocycles. The number of hydrogen-bond donors (Lipinski definition) is 0. The summed E-state index contributed by atoms with van der Waals surface area (Å²) in [7, 11) is 0. The third-order valence-electron chi connectivity index (χ3n) is 3.66. The van der Waals surface area contributed by atoms with Crippen molar-refractivity contribution < 1.29 is 19.1 Å². The highest BCUT2D eigenvalue weighted by atomic mass is 16.6. The van der Waals surface area contributed by atoms with Crippen molar-refractivity contribution in [1.29, 1.82) is 0 Å². The van der Waals surface area contributed by atoms with Crippen LogP contribution in [-0.4, -0.2) is 23.1 Å². The highest BCUT2D eigenvalue weighted by Crippen LogP contribution is 2.30. The molecule has 0 rings (SSSR count). The zero-order valence-electron chi connectivity index (χ0n) is 13.9. The second kappa shape index (κ2) is 8.28. The lowest BCUT2D eigenvalue weighted by molar-refractivity contribution is -0.199. The normalized spacial score (nSPS) is 12.1. The van der Waals surface area contributed by atoms with Crippen LogP contribution in [0.2, 0.25) is 0 Å². The topological polar surface area (TPSA) is 52.6 Å². The maximum atomic E-state index is 11.8. The minimum absolute atomic E-state index is 0.241. The Morgan fingerprint density at radius 2 is 1.05 bits per heavy atom. The van der Waals surface area contributed by atoms with E-state index in [4.69, 9.17) is 9.47 Å². The summed E-state index contributed by atoms with van der Waals surface area (Å²) >= 11 is 0. The average molecular weight is 286 g/mol. The molecule has 0 fully saturated rings. The van der Waals surface area contributed by atoms with Gasteiger partial charge >= 0.3 is 11.9 Å². The molecule has 0 saturated heterocycles. The fourth-order valence-corrected chi connectivity index (χ4v) is 1.56. The van der Waals surface area contributed by atoms with Crippen LogP contribution in [0.15, 0.2) is 0 Å². The van der Waals surface area contributed by atoms with Crippen molar-refractivity contribution in [3.8, 4) is 0 Å². The number of hydrogen-bond acceptors (Lipinski definition) is 4. The van der Waals surface area contributed by atoms with Gasteiger partial charge in [-0.2, -0.15) is 0 Å². The molecule has 4 heteroatoms. The largest absolute Gasteiger partial charge is 0.455 e. The quantitative estimate of drug-likeness (QED) is 0.601. The van der Waals surface area contributed by atoms with Crippen LogP contribution in [0.4, 0.5) is 0 Å². The van der Waals surface area contributed by atoms with Gasteiger partial charge in [-0.1, -0.05) is 26.7 Å². The van der Waals surface area contributed by atoms with Crippen molar-refractivity contribution in [3.63, 3.8) is 0 Å². The molecule has 0 atom stereocenters. The van der Waals surface area contributed by atoms with E-state index in [0.717, 1.165) is 25.7 Å². The molecule has 0 unspecified atom stereocenters. The fraction of sp³-hybridized carbons (Fsp3) is 0.875. The van der Waals surface area contributed by atoms with E-state index in [1.807, 2.05) is 13.8 Å². The molecule has 0 aromatic heterocycles. The molecular weight excluding hydrogens is 256 g/mol. The Labute approximate surface area is 123 Å². The molecule has 20 heavy (non-hydrogen) atoms. The van der Waals surface area contributed by atoms with Crippen molar-refractivity contribution in [3.05, 3.63) is 0 Å². The third-order valence-corrected chi connectivity index (χ3v) is 3.66. The molecule has 0 aliphatic rings. The Bertz CT molecular complexity index is 286. The van der Waals surface area contributed by atoms with Crippen molar-refractivity contribution in [2.75, 3.05) is 0 Å². The standard InChI is InChI=1S/C16H30O4/c1-7-9-11-13(17)19-15(3,4)16(5,6)20-14(18)12-10-8-2/h7-12H2,1-6H3. The number of esters is 2. The monoisotopic (exact) mass is 286 g/mol. The Morgan fingerprint density at radius 3 is 1.30 bits per heavy atom. The fourth-order valence-electron chi connectivity index (χ4n) is 1.56. The Hall–Kier alpha value is -1.06. The van der Waals surface area contributed by atoms with Crippen LogP contribution in [0, 0.1) is 0 Å². The predicted molar refractivity (Wildman–Crippen MR) is 79.4 cm³/mol. The minimum atomic E-state index is -0.848. The van der Waals surface area contributed by atoms with Crippen LogP contribution in [0.25, 0.3) is 0 Å². The van der Waals surface area contributed by atoms with E-state index in [2.05, 4.69) is 0 Å². The van der Waals surface area contributed by atoms with Crippen molar-refractivity contribution in [2.45, 2.75) is 91.3 Å². The Balaban J connectivity index is 4.54. The lowest BCUT2D eigenvalue weighted by atomic mass is 9.89. The number of unbranched alkanes of at least 4 members (excludes halogenated alkanes) is 2. The average Bonchev–Trinajstić information content (AvgIpc) is 2.32. The summed E-state index contributed by atoms with van der Waals surface area (Å²) in [4.78, 5) is 23.5. The van der Waals surface area contributed by atoms with Gasteiger partial charge in [-0.3, -0.25) is 9.59 Å². The molecule has 0 radical (unpaired) electrons. The van der Waals surface area contributed by atoms with Gasteiger partial charge < -0.3 is 9.47 Å². The van der Waals surface area contributed by atoms with Gasteiger partial charge in [0.1, 0.15) is 11.2 Å². The first kappa shape index (κ1) is 18.9. The van der Waals surface area contributed by atoms with E-state index in [1.54, 1.807) is 27.7 Å². The van der Waals surface area contributed by atoms with E-state index in [-0.39, 0.29) is 11.9 Å². The summed E-state index contributed by atoms with van der Waals surface area (Å²) in [5, 5.41) is 0. The maximum Gasteiger partial charge on any atom is 0.306 e. The first-order valence-electron chi connectivity index (χ1n) is 7.60. The predicted octanol–water partition coefficient (Wildman–Crippen LogP) is 4.01. The van der Waals surface area contributed by atoms with Crippen LogP contribution in [0.5, 0.6) is 0 Å². The van der Waals surface area contributed by atoms with E-state index >= 15 is 0 Å². The second-order valence-corrected chi connectivity index (χ2v) is 6.18. The smallest absolute Gasteiger partial charge is 0.306 e. The molecule has 0 aromatic rings. The molecule has 4 nitrogen and oxygen atoms in total. The maximum absolute atomic E-state index is 11.8. The van der Waals surface area contributed by atoms with Gasteiger partial charge in [-0.05, 0) is 40.5 Å². The van der Waals surface area contributed by atoms with Gasteiger partial charge in [0, 0.05) is 12.8 Å². The van der Waals surface area contributed by atoms with E-state index in [0.29, 0.717) is 12.8 Å². The molecule has 0 spiro atoms. The number of rotatable bonds is 9. The summed E-state index contributed by atoms with van der Waals surface area (Å²) < 4.78 is 11.0. The minimum Gasteiger partial charge on any atom is -0.455 e. The molecule has 118 valence electrons. The Morgan fingerprint density at radius 1 is 0.750 bits per heavy atom. The van der Waals surface area contributed by atoms with Gasteiger partial charge in [0.25, 0.3) is 0 Å². The zero-order chi connectivity index (χ0) is 15.8. The molecule has 0 aliphatic carbocycles. The van der Waals surface area contributed by atoms with Crippen molar-refractivity contribution in [2.24, 2.45) is 0 Å². The van der Waals surface area contributed by atoms with Crippen LogP contribution in [-0.2, 0) is 19.1 Å². The van der Waals surface area contributed by atoms with Crippen LogP contribution in [0.1, 0.15) is 80.1 Å². The summed E-state index contributed by atoms with van der Waals surface area (Å²) in [5.41, 5.74) is -1.70. The number of ether oxygens (including phenoxy) is 2. The van der Waals surface area contributed by atoms with Gasteiger partial charge in [0.2, 0.25) is 0 Å². The molecule has 0 aliphatic heterocycles.